The van der Waals surface area contributed by atoms with Crippen molar-refractivity contribution in [3.05, 3.63) is 9.26 Å². The second-order valence-electron chi connectivity index (χ2n) is 7.20. The van der Waals surface area contributed by atoms with Crippen LogP contribution in [0.1, 0.15) is 40.3 Å². The zero-order chi connectivity index (χ0) is 17.1. The minimum absolute atomic E-state index is 0.128. The standard InChI is InChI=1S/C15H28BrIN2O2Si/c1-11(2)21-14-13(17)12(10-16)19(18-14)8-9-20-22(6,7)15(3,4)5/h11H,8-10H2,1-7H3. The average molecular weight is 503 g/mol. The molecule has 1 rings (SSSR count). The van der Waals surface area contributed by atoms with Gasteiger partial charge in [0, 0.05) is 5.33 Å². The maximum Gasteiger partial charge on any atom is 0.246 e. The molecule has 4 nitrogen and oxygen atoms in total. The highest BCUT2D eigenvalue weighted by Gasteiger charge is 2.37. The smallest absolute Gasteiger partial charge is 0.246 e. The zero-order valence-corrected chi connectivity index (χ0v) is 19.4. The summed E-state index contributed by atoms with van der Waals surface area (Å²) in [5.74, 6) is 0.720. The molecule has 0 aromatic carbocycles. The lowest BCUT2D eigenvalue weighted by molar-refractivity contribution is 0.224. The van der Waals surface area contributed by atoms with Crippen molar-refractivity contribution in [3.63, 3.8) is 0 Å². The molecule has 0 saturated carbocycles. The first-order valence-corrected chi connectivity index (χ1v) is 12.7. The van der Waals surface area contributed by atoms with Crippen LogP contribution in [0.5, 0.6) is 5.88 Å². The van der Waals surface area contributed by atoms with E-state index in [1.807, 2.05) is 18.5 Å². The molecule has 0 saturated heterocycles. The van der Waals surface area contributed by atoms with E-state index >= 15 is 0 Å². The van der Waals surface area contributed by atoms with Crippen molar-refractivity contribution in [1.29, 1.82) is 0 Å². The maximum absolute atomic E-state index is 6.25. The molecule has 0 fully saturated rings. The quantitative estimate of drug-likeness (QED) is 0.292. The van der Waals surface area contributed by atoms with E-state index in [2.05, 4.69) is 77.5 Å². The fraction of sp³-hybridized carbons (Fsp3) is 0.800. The number of rotatable bonds is 7. The number of nitrogens with zero attached hydrogens (tertiary/aromatic N) is 2. The molecule has 0 aliphatic carbocycles. The van der Waals surface area contributed by atoms with Gasteiger partial charge in [0.05, 0.1) is 28.5 Å². The van der Waals surface area contributed by atoms with Gasteiger partial charge >= 0.3 is 0 Å². The summed E-state index contributed by atoms with van der Waals surface area (Å²) in [6.07, 6.45) is 0.128. The predicted molar refractivity (Wildman–Crippen MR) is 106 cm³/mol. The summed E-state index contributed by atoms with van der Waals surface area (Å²) in [6, 6.07) is 0. The van der Waals surface area contributed by atoms with Crippen LogP contribution in [0.3, 0.4) is 0 Å². The van der Waals surface area contributed by atoms with Crippen molar-refractivity contribution in [1.82, 2.24) is 9.78 Å². The molecular formula is C15H28BrIN2O2Si. The third kappa shape index (κ3) is 5.21. The van der Waals surface area contributed by atoms with E-state index < -0.39 is 8.32 Å². The summed E-state index contributed by atoms with van der Waals surface area (Å²) in [5, 5.41) is 5.59. The van der Waals surface area contributed by atoms with Gasteiger partial charge in [0.2, 0.25) is 5.88 Å². The third-order valence-corrected chi connectivity index (χ3v) is 10.2. The lowest BCUT2D eigenvalue weighted by Gasteiger charge is -2.36. The zero-order valence-electron chi connectivity index (χ0n) is 14.7. The van der Waals surface area contributed by atoms with Crippen molar-refractivity contribution in [2.75, 3.05) is 6.61 Å². The van der Waals surface area contributed by atoms with Crippen LogP contribution in [-0.2, 0) is 16.3 Å². The van der Waals surface area contributed by atoms with Gasteiger partial charge in [0.15, 0.2) is 8.32 Å². The number of ether oxygens (including phenoxy) is 1. The highest BCUT2D eigenvalue weighted by Crippen LogP contribution is 2.36. The largest absolute Gasteiger partial charge is 0.473 e. The van der Waals surface area contributed by atoms with Crippen molar-refractivity contribution in [2.24, 2.45) is 0 Å². The summed E-state index contributed by atoms with van der Waals surface area (Å²) >= 11 is 5.85. The molecule has 0 aliphatic rings. The normalized spacial score (nSPS) is 13.0. The lowest BCUT2D eigenvalue weighted by Crippen LogP contribution is -2.41. The topological polar surface area (TPSA) is 36.3 Å². The Labute approximate surface area is 157 Å². The minimum Gasteiger partial charge on any atom is -0.473 e. The van der Waals surface area contributed by atoms with Gasteiger partial charge in [-0.2, -0.15) is 0 Å². The number of halogens is 2. The fourth-order valence-electron chi connectivity index (χ4n) is 1.67. The van der Waals surface area contributed by atoms with Crippen LogP contribution >= 0.6 is 38.5 Å². The van der Waals surface area contributed by atoms with E-state index in [0.29, 0.717) is 6.61 Å². The molecule has 1 aromatic heterocycles. The number of hydrogen-bond acceptors (Lipinski definition) is 3. The van der Waals surface area contributed by atoms with Crippen molar-refractivity contribution >= 4 is 46.8 Å². The van der Waals surface area contributed by atoms with Crippen LogP contribution in [0.25, 0.3) is 0 Å². The molecule has 0 atom stereocenters. The van der Waals surface area contributed by atoms with Gasteiger partial charge in [0.1, 0.15) is 0 Å². The van der Waals surface area contributed by atoms with Crippen molar-refractivity contribution in [2.45, 2.75) is 70.7 Å². The van der Waals surface area contributed by atoms with Gasteiger partial charge in [-0.05, 0) is 54.6 Å². The molecule has 0 aliphatic heterocycles. The van der Waals surface area contributed by atoms with Crippen LogP contribution in [0, 0.1) is 3.57 Å². The number of aromatic nitrogens is 2. The predicted octanol–water partition coefficient (Wildman–Crippen LogP) is 5.19. The molecule has 0 N–H and O–H groups in total. The van der Waals surface area contributed by atoms with Gasteiger partial charge in [-0.1, -0.05) is 36.7 Å². The molecule has 1 aromatic rings. The van der Waals surface area contributed by atoms with E-state index in [1.54, 1.807) is 0 Å². The summed E-state index contributed by atoms with van der Waals surface area (Å²) in [6.45, 7) is 16.8. The molecule has 128 valence electrons. The van der Waals surface area contributed by atoms with E-state index in [9.17, 15) is 0 Å². The average Bonchev–Trinajstić information content (AvgIpc) is 2.63. The van der Waals surface area contributed by atoms with Crippen LogP contribution < -0.4 is 4.74 Å². The Morgan fingerprint density at radius 2 is 1.91 bits per heavy atom. The van der Waals surface area contributed by atoms with Gasteiger partial charge in [-0.25, -0.2) is 0 Å². The van der Waals surface area contributed by atoms with Crippen molar-refractivity contribution < 1.29 is 9.16 Å². The summed E-state index contributed by atoms with van der Waals surface area (Å²) in [7, 11) is -1.71. The lowest BCUT2D eigenvalue weighted by atomic mass is 10.2. The molecular weight excluding hydrogens is 475 g/mol. The Bertz CT molecular complexity index is 498. The van der Waals surface area contributed by atoms with Gasteiger partial charge in [0.25, 0.3) is 0 Å². The Kier molecular flexibility index (Phi) is 7.42. The first kappa shape index (κ1) is 20.4. The van der Waals surface area contributed by atoms with E-state index in [1.165, 1.54) is 0 Å². The van der Waals surface area contributed by atoms with Gasteiger partial charge in [-0.15, -0.1) is 5.10 Å². The Morgan fingerprint density at radius 3 is 2.36 bits per heavy atom. The van der Waals surface area contributed by atoms with Gasteiger partial charge < -0.3 is 9.16 Å². The highest BCUT2D eigenvalue weighted by molar-refractivity contribution is 14.1. The molecule has 1 heterocycles. The van der Waals surface area contributed by atoms with Crippen LogP contribution in [0.2, 0.25) is 18.1 Å². The van der Waals surface area contributed by atoms with E-state index in [-0.39, 0.29) is 11.1 Å². The molecule has 0 bridgehead atoms. The summed E-state index contributed by atoms with van der Waals surface area (Å²) in [5.41, 5.74) is 1.15. The second-order valence-corrected chi connectivity index (χ2v) is 13.6. The van der Waals surface area contributed by atoms with Gasteiger partial charge in [-0.3, -0.25) is 4.68 Å². The Morgan fingerprint density at radius 1 is 1.32 bits per heavy atom. The van der Waals surface area contributed by atoms with Crippen LogP contribution in [0.15, 0.2) is 0 Å². The minimum atomic E-state index is -1.71. The van der Waals surface area contributed by atoms with Crippen molar-refractivity contribution in [3.8, 4) is 5.88 Å². The molecule has 0 unspecified atom stereocenters. The first-order valence-electron chi connectivity index (χ1n) is 7.61. The summed E-state index contributed by atoms with van der Waals surface area (Å²) < 4.78 is 15.1. The highest BCUT2D eigenvalue weighted by atomic mass is 127. The van der Waals surface area contributed by atoms with Crippen LogP contribution in [-0.4, -0.2) is 30.8 Å². The monoisotopic (exact) mass is 502 g/mol. The maximum atomic E-state index is 6.25. The SMILES string of the molecule is CC(C)Oc1nn(CCO[Si](C)(C)C(C)(C)C)c(CBr)c1I. The van der Waals surface area contributed by atoms with E-state index in [4.69, 9.17) is 9.16 Å². The number of alkyl halides is 1. The molecule has 0 amide bonds. The molecule has 7 heteroatoms. The Hall–Kier alpha value is 0.397. The number of hydrogen-bond donors (Lipinski definition) is 0. The second kappa shape index (κ2) is 7.98. The Balaban J connectivity index is 2.78. The molecule has 22 heavy (non-hydrogen) atoms. The summed E-state index contributed by atoms with van der Waals surface area (Å²) in [4.78, 5) is 0. The fourth-order valence-corrected chi connectivity index (χ4v) is 4.50. The third-order valence-electron chi connectivity index (χ3n) is 4.01. The molecule has 0 radical (unpaired) electrons. The first-order chi connectivity index (χ1) is 9.99. The molecule has 0 spiro atoms. The van der Waals surface area contributed by atoms with Crippen LogP contribution in [0.4, 0.5) is 0 Å². The van der Waals surface area contributed by atoms with E-state index in [0.717, 1.165) is 27.0 Å².